The molecule has 1 aromatic heterocycles. The molecule has 6 rings (SSSR count). The van der Waals surface area contributed by atoms with E-state index in [0.29, 0.717) is 23.8 Å². The highest BCUT2D eigenvalue weighted by Gasteiger charge is 2.47. The molecule has 8 heteroatoms. The molecule has 0 spiro atoms. The van der Waals surface area contributed by atoms with E-state index in [-0.39, 0.29) is 17.3 Å². The highest BCUT2D eigenvalue weighted by molar-refractivity contribution is 5.97. The van der Waals surface area contributed by atoms with Crippen molar-refractivity contribution in [2.45, 2.75) is 102 Å². The molecule has 2 aromatic rings. The predicted molar refractivity (Wildman–Crippen MR) is 142 cm³/mol. The summed E-state index contributed by atoms with van der Waals surface area (Å²) in [6, 6.07) is 9.69. The SMILES string of the molecule is C/C(=N\OCC(=O)O)c1nc2ccccc2n([C@H]2C[C@H]3CC[C@@H](C2)N3[C@@H]2C[C@@H]3CCCC[C@@H](C3)C2)c1=O. The van der Waals surface area contributed by atoms with Gasteiger partial charge in [-0.1, -0.05) is 43.0 Å². The van der Waals surface area contributed by atoms with Crippen LogP contribution in [0.2, 0.25) is 0 Å². The van der Waals surface area contributed by atoms with Crippen LogP contribution in [0, 0.1) is 11.8 Å². The number of benzene rings is 1. The Balaban J connectivity index is 1.29. The Morgan fingerprint density at radius 3 is 2.32 bits per heavy atom. The van der Waals surface area contributed by atoms with E-state index in [4.69, 9.17) is 9.94 Å². The van der Waals surface area contributed by atoms with Gasteiger partial charge in [0.05, 0.1) is 11.0 Å². The van der Waals surface area contributed by atoms with Crippen LogP contribution in [0.25, 0.3) is 11.0 Å². The standard InChI is InChI=1S/C29H38N4O4/c1-18(31-37-17-27(34)35)28-29(36)33(26-9-5-4-8-25(26)30-28)24-15-21-10-11-22(16-24)32(21)23-13-19-6-2-3-7-20(12-19)14-23/h4-5,8-9,19-24H,2-3,6-7,10-17H2,1H3,(H,34,35)/b31-18+/t19-,20+,21-,22+,23-,24+. The maximum absolute atomic E-state index is 13.8. The number of carboxylic acids is 1. The summed E-state index contributed by atoms with van der Waals surface area (Å²) in [6.07, 6.45) is 14.2. The molecule has 1 aromatic carbocycles. The Hall–Kier alpha value is -2.74. The molecule has 4 fully saturated rings. The van der Waals surface area contributed by atoms with E-state index < -0.39 is 12.6 Å². The molecule has 3 heterocycles. The third-order valence-corrected chi connectivity index (χ3v) is 9.43. The van der Waals surface area contributed by atoms with Gasteiger partial charge in [-0.15, -0.1) is 0 Å². The molecular formula is C29H38N4O4. The fourth-order valence-electron chi connectivity index (χ4n) is 8.08. The normalized spacial score (nSPS) is 32.3. The van der Waals surface area contributed by atoms with Crippen molar-refractivity contribution in [2.24, 2.45) is 17.0 Å². The summed E-state index contributed by atoms with van der Waals surface area (Å²) in [5.74, 6) is 0.700. The van der Waals surface area contributed by atoms with Crippen LogP contribution in [0.4, 0.5) is 0 Å². The first-order valence-electron chi connectivity index (χ1n) is 14.2. The lowest BCUT2D eigenvalue weighted by molar-refractivity contribution is -0.142. The highest BCUT2D eigenvalue weighted by atomic mass is 16.6. The lowest BCUT2D eigenvalue weighted by Crippen LogP contribution is -2.52. The number of carboxylic acid groups (broad SMARTS) is 1. The average Bonchev–Trinajstić information content (AvgIpc) is 3.03. The molecule has 0 amide bonds. The van der Waals surface area contributed by atoms with Crippen molar-refractivity contribution in [3.63, 3.8) is 0 Å². The molecule has 2 aliphatic carbocycles. The van der Waals surface area contributed by atoms with Crippen molar-refractivity contribution in [1.29, 1.82) is 0 Å². The quantitative estimate of drug-likeness (QED) is 0.449. The maximum atomic E-state index is 13.8. The molecular weight excluding hydrogens is 468 g/mol. The average molecular weight is 507 g/mol. The van der Waals surface area contributed by atoms with E-state index in [1.807, 2.05) is 28.8 Å². The minimum absolute atomic E-state index is 0.117. The van der Waals surface area contributed by atoms with Crippen LogP contribution in [-0.4, -0.2) is 56.0 Å². The largest absolute Gasteiger partial charge is 0.479 e. The number of nitrogens with zero attached hydrogens (tertiary/aromatic N) is 4. The monoisotopic (exact) mass is 506 g/mol. The van der Waals surface area contributed by atoms with Crippen molar-refractivity contribution in [3.05, 3.63) is 40.3 Å². The summed E-state index contributed by atoms with van der Waals surface area (Å²) in [4.78, 5) is 37.1. The summed E-state index contributed by atoms with van der Waals surface area (Å²) in [5, 5.41) is 12.7. The van der Waals surface area contributed by atoms with Gasteiger partial charge in [-0.25, -0.2) is 9.78 Å². The number of aromatic nitrogens is 2. The Labute approximate surface area is 217 Å². The van der Waals surface area contributed by atoms with Crippen molar-refractivity contribution >= 4 is 22.7 Å². The predicted octanol–water partition coefficient (Wildman–Crippen LogP) is 4.75. The number of hydrogen-bond donors (Lipinski definition) is 1. The first-order valence-corrected chi connectivity index (χ1v) is 14.2. The number of aliphatic carboxylic acids is 1. The first-order chi connectivity index (χ1) is 18.0. The van der Waals surface area contributed by atoms with Crippen LogP contribution < -0.4 is 5.56 Å². The van der Waals surface area contributed by atoms with Crippen LogP contribution in [0.3, 0.4) is 0 Å². The Morgan fingerprint density at radius 1 is 0.973 bits per heavy atom. The molecule has 198 valence electrons. The van der Waals surface area contributed by atoms with Gasteiger partial charge in [-0.3, -0.25) is 9.69 Å². The Bertz CT molecular complexity index is 1230. The topological polar surface area (TPSA) is 97.0 Å². The summed E-state index contributed by atoms with van der Waals surface area (Å²) in [5.41, 5.74) is 1.97. The molecule has 0 radical (unpaired) electrons. The van der Waals surface area contributed by atoms with Gasteiger partial charge in [0.15, 0.2) is 5.69 Å². The summed E-state index contributed by atoms with van der Waals surface area (Å²) in [6.45, 7) is 1.10. The minimum Gasteiger partial charge on any atom is -0.479 e. The van der Waals surface area contributed by atoms with E-state index in [1.54, 1.807) is 6.92 Å². The van der Waals surface area contributed by atoms with Crippen LogP contribution in [0.5, 0.6) is 0 Å². The second-order valence-electron chi connectivity index (χ2n) is 11.8. The van der Waals surface area contributed by atoms with Crippen LogP contribution in [0.15, 0.2) is 34.2 Å². The molecule has 8 nitrogen and oxygen atoms in total. The lowest BCUT2D eigenvalue weighted by Gasteiger charge is -2.48. The first kappa shape index (κ1) is 24.6. The summed E-state index contributed by atoms with van der Waals surface area (Å²) < 4.78 is 1.96. The second kappa shape index (κ2) is 10.2. The minimum atomic E-state index is -1.11. The molecule has 0 unspecified atom stereocenters. The van der Waals surface area contributed by atoms with E-state index in [2.05, 4.69) is 15.0 Å². The molecule has 37 heavy (non-hydrogen) atoms. The second-order valence-corrected chi connectivity index (χ2v) is 11.8. The molecule has 4 aliphatic rings. The van der Waals surface area contributed by atoms with E-state index in [0.717, 1.165) is 35.7 Å². The van der Waals surface area contributed by atoms with Gasteiger partial charge in [0.25, 0.3) is 5.56 Å². The van der Waals surface area contributed by atoms with Crippen LogP contribution in [0.1, 0.15) is 89.3 Å². The lowest BCUT2D eigenvalue weighted by atomic mass is 9.76. The molecule has 4 bridgehead atoms. The third kappa shape index (κ3) is 4.80. The van der Waals surface area contributed by atoms with Gasteiger partial charge < -0.3 is 14.5 Å². The van der Waals surface area contributed by atoms with Crippen molar-refractivity contribution in [1.82, 2.24) is 14.5 Å². The molecule has 6 atom stereocenters. The number of fused-ring (bicyclic) bond motifs is 5. The Kier molecular flexibility index (Phi) is 6.78. The maximum Gasteiger partial charge on any atom is 0.344 e. The Morgan fingerprint density at radius 2 is 1.65 bits per heavy atom. The zero-order chi connectivity index (χ0) is 25.5. The van der Waals surface area contributed by atoms with E-state index in [9.17, 15) is 9.59 Å². The smallest absolute Gasteiger partial charge is 0.344 e. The van der Waals surface area contributed by atoms with E-state index >= 15 is 0 Å². The van der Waals surface area contributed by atoms with Gasteiger partial charge in [-0.2, -0.15) is 0 Å². The van der Waals surface area contributed by atoms with Crippen molar-refractivity contribution < 1.29 is 14.7 Å². The zero-order valence-electron chi connectivity index (χ0n) is 21.7. The van der Waals surface area contributed by atoms with Gasteiger partial charge >= 0.3 is 5.97 Å². The third-order valence-electron chi connectivity index (χ3n) is 9.43. The number of para-hydroxylation sites is 2. The molecule has 1 N–H and O–H groups in total. The molecule has 2 saturated carbocycles. The van der Waals surface area contributed by atoms with Crippen molar-refractivity contribution in [2.75, 3.05) is 6.61 Å². The van der Waals surface area contributed by atoms with Gasteiger partial charge in [0.1, 0.15) is 5.71 Å². The van der Waals surface area contributed by atoms with Gasteiger partial charge in [-0.05, 0) is 75.8 Å². The number of oxime groups is 1. The van der Waals surface area contributed by atoms with Crippen LogP contribution >= 0.6 is 0 Å². The van der Waals surface area contributed by atoms with Gasteiger partial charge in [0, 0.05) is 24.2 Å². The van der Waals surface area contributed by atoms with Gasteiger partial charge in [0.2, 0.25) is 6.61 Å². The number of piperidine rings is 1. The zero-order valence-corrected chi connectivity index (χ0v) is 21.7. The molecule has 2 saturated heterocycles. The number of carbonyl (C=O) groups is 1. The van der Waals surface area contributed by atoms with E-state index in [1.165, 1.54) is 57.8 Å². The summed E-state index contributed by atoms with van der Waals surface area (Å²) in [7, 11) is 0. The number of rotatable bonds is 6. The summed E-state index contributed by atoms with van der Waals surface area (Å²) >= 11 is 0. The highest BCUT2D eigenvalue weighted by Crippen LogP contribution is 2.47. The van der Waals surface area contributed by atoms with Crippen molar-refractivity contribution in [3.8, 4) is 0 Å². The molecule has 2 aliphatic heterocycles. The fraction of sp³-hybridized carbons (Fsp3) is 0.655. The van der Waals surface area contributed by atoms with Crippen LogP contribution in [-0.2, 0) is 9.63 Å². The fourth-order valence-corrected chi connectivity index (χ4v) is 8.08. The number of hydrogen-bond acceptors (Lipinski definition) is 6.